The number of hydrogen-bond donors (Lipinski definition) is 2. The SMILES string of the molecule is O=C(Cn1cc(CO)nn1)Nc1cc(F)ccc1F. The molecular formula is C11H10F2N4O2. The number of aliphatic hydroxyl groups excluding tert-OH is 1. The van der Waals surface area contributed by atoms with Crippen LogP contribution in [0.2, 0.25) is 0 Å². The summed E-state index contributed by atoms with van der Waals surface area (Å²) in [6, 6.07) is 2.76. The molecular weight excluding hydrogens is 258 g/mol. The summed E-state index contributed by atoms with van der Waals surface area (Å²) in [6.07, 6.45) is 1.38. The predicted molar refractivity (Wildman–Crippen MR) is 60.9 cm³/mol. The maximum Gasteiger partial charge on any atom is 0.246 e. The molecule has 0 bridgehead atoms. The molecule has 0 radical (unpaired) electrons. The van der Waals surface area contributed by atoms with Crippen LogP contribution in [0.1, 0.15) is 5.69 Å². The zero-order valence-electron chi connectivity index (χ0n) is 9.68. The van der Waals surface area contributed by atoms with Crippen molar-refractivity contribution in [3.63, 3.8) is 0 Å². The Morgan fingerprint density at radius 1 is 1.42 bits per heavy atom. The fraction of sp³-hybridized carbons (Fsp3) is 0.182. The summed E-state index contributed by atoms with van der Waals surface area (Å²) < 4.78 is 27.4. The number of nitrogens with one attached hydrogen (secondary N) is 1. The van der Waals surface area contributed by atoms with Crippen LogP contribution < -0.4 is 5.32 Å². The Kier molecular flexibility index (Phi) is 3.81. The number of nitrogens with zero attached hydrogens (tertiary/aromatic N) is 3. The Hall–Kier alpha value is -2.35. The minimum absolute atomic E-state index is 0.219. The number of amides is 1. The smallest absolute Gasteiger partial charge is 0.246 e. The molecule has 2 N–H and O–H groups in total. The largest absolute Gasteiger partial charge is 0.390 e. The molecule has 1 amide bonds. The molecule has 0 aliphatic heterocycles. The third-order valence-corrected chi connectivity index (χ3v) is 2.26. The van der Waals surface area contributed by atoms with E-state index < -0.39 is 17.5 Å². The van der Waals surface area contributed by atoms with Gasteiger partial charge in [0.05, 0.1) is 18.5 Å². The van der Waals surface area contributed by atoms with Gasteiger partial charge in [0.1, 0.15) is 23.9 Å². The van der Waals surface area contributed by atoms with Crippen LogP contribution in [-0.4, -0.2) is 26.0 Å². The molecule has 0 spiro atoms. The molecule has 19 heavy (non-hydrogen) atoms. The molecule has 8 heteroatoms. The number of aromatic nitrogens is 3. The molecule has 0 atom stereocenters. The Morgan fingerprint density at radius 3 is 2.89 bits per heavy atom. The molecule has 0 unspecified atom stereocenters. The van der Waals surface area contributed by atoms with Crippen LogP contribution in [0.25, 0.3) is 0 Å². The van der Waals surface area contributed by atoms with Crippen LogP contribution in [0.3, 0.4) is 0 Å². The minimum Gasteiger partial charge on any atom is -0.390 e. The van der Waals surface area contributed by atoms with Gasteiger partial charge < -0.3 is 10.4 Å². The molecule has 1 aromatic heterocycles. The Bertz CT molecular complexity index is 600. The van der Waals surface area contributed by atoms with Gasteiger partial charge in [-0.2, -0.15) is 0 Å². The van der Waals surface area contributed by atoms with E-state index in [0.717, 1.165) is 18.2 Å². The van der Waals surface area contributed by atoms with Crippen LogP contribution in [-0.2, 0) is 17.9 Å². The lowest BCUT2D eigenvalue weighted by molar-refractivity contribution is -0.116. The zero-order valence-corrected chi connectivity index (χ0v) is 9.68. The average molecular weight is 268 g/mol. The van der Waals surface area contributed by atoms with Crippen molar-refractivity contribution >= 4 is 11.6 Å². The summed E-state index contributed by atoms with van der Waals surface area (Å²) in [5.41, 5.74) is 0.0669. The fourth-order valence-electron chi connectivity index (χ4n) is 1.42. The van der Waals surface area contributed by atoms with E-state index in [0.29, 0.717) is 5.69 Å². The van der Waals surface area contributed by atoms with E-state index in [1.54, 1.807) is 0 Å². The number of anilines is 1. The molecule has 1 heterocycles. The average Bonchev–Trinajstić information content (AvgIpc) is 2.81. The first-order valence-corrected chi connectivity index (χ1v) is 5.33. The lowest BCUT2D eigenvalue weighted by Gasteiger charge is -2.06. The second-order valence-corrected chi connectivity index (χ2v) is 3.74. The van der Waals surface area contributed by atoms with E-state index in [9.17, 15) is 13.6 Å². The van der Waals surface area contributed by atoms with E-state index in [4.69, 9.17) is 5.11 Å². The number of halogens is 2. The molecule has 0 saturated carbocycles. The van der Waals surface area contributed by atoms with Gasteiger partial charge >= 0.3 is 0 Å². The molecule has 0 aliphatic rings. The molecule has 100 valence electrons. The van der Waals surface area contributed by atoms with E-state index in [-0.39, 0.29) is 18.8 Å². The highest BCUT2D eigenvalue weighted by molar-refractivity contribution is 5.90. The van der Waals surface area contributed by atoms with Crippen LogP contribution >= 0.6 is 0 Å². The Balaban J connectivity index is 2.03. The molecule has 2 rings (SSSR count). The monoisotopic (exact) mass is 268 g/mol. The second kappa shape index (κ2) is 5.53. The molecule has 0 saturated heterocycles. The first kappa shape index (κ1) is 13.1. The zero-order chi connectivity index (χ0) is 13.8. The van der Waals surface area contributed by atoms with Gasteiger partial charge in [0, 0.05) is 6.07 Å². The van der Waals surface area contributed by atoms with Crippen LogP contribution in [0.4, 0.5) is 14.5 Å². The Labute approximate surface area is 106 Å². The van der Waals surface area contributed by atoms with Gasteiger partial charge in [-0.15, -0.1) is 5.10 Å². The van der Waals surface area contributed by atoms with Gasteiger partial charge in [0.15, 0.2) is 0 Å². The summed E-state index contributed by atoms with van der Waals surface area (Å²) in [5, 5.41) is 18.2. The number of benzene rings is 1. The van der Waals surface area contributed by atoms with Crippen molar-refractivity contribution in [2.24, 2.45) is 0 Å². The maximum absolute atomic E-state index is 13.3. The molecule has 1 aromatic carbocycles. The van der Waals surface area contributed by atoms with Crippen LogP contribution in [0, 0.1) is 11.6 Å². The van der Waals surface area contributed by atoms with Gasteiger partial charge in [-0.3, -0.25) is 4.79 Å². The second-order valence-electron chi connectivity index (χ2n) is 3.74. The minimum atomic E-state index is -0.732. The number of carbonyl (C=O) groups excluding carboxylic acids is 1. The number of carbonyl (C=O) groups is 1. The summed E-state index contributed by atoms with van der Waals surface area (Å²) >= 11 is 0. The first-order valence-electron chi connectivity index (χ1n) is 5.33. The summed E-state index contributed by atoms with van der Waals surface area (Å²) in [6.45, 7) is -0.511. The van der Waals surface area contributed by atoms with Crippen LogP contribution in [0.5, 0.6) is 0 Å². The lowest BCUT2D eigenvalue weighted by Crippen LogP contribution is -2.19. The fourth-order valence-corrected chi connectivity index (χ4v) is 1.42. The first-order chi connectivity index (χ1) is 9.08. The van der Waals surface area contributed by atoms with Crippen molar-refractivity contribution in [2.45, 2.75) is 13.2 Å². The van der Waals surface area contributed by atoms with Crippen molar-refractivity contribution < 1.29 is 18.7 Å². The van der Waals surface area contributed by atoms with Gasteiger partial charge in [0.2, 0.25) is 5.91 Å². The topological polar surface area (TPSA) is 80.0 Å². The quantitative estimate of drug-likeness (QED) is 0.854. The maximum atomic E-state index is 13.3. The molecule has 0 fully saturated rings. The predicted octanol–water partition coefficient (Wildman–Crippen LogP) is 0.687. The van der Waals surface area contributed by atoms with Gasteiger partial charge in [0.25, 0.3) is 0 Å². The summed E-state index contributed by atoms with van der Waals surface area (Å²) in [5.74, 6) is -1.97. The van der Waals surface area contributed by atoms with Gasteiger partial charge in [-0.25, -0.2) is 13.5 Å². The highest BCUT2D eigenvalue weighted by Crippen LogP contribution is 2.15. The van der Waals surface area contributed by atoms with E-state index in [1.807, 2.05) is 0 Å². The highest BCUT2D eigenvalue weighted by atomic mass is 19.1. The van der Waals surface area contributed by atoms with E-state index in [2.05, 4.69) is 15.6 Å². The number of hydrogen-bond acceptors (Lipinski definition) is 4. The van der Waals surface area contributed by atoms with E-state index in [1.165, 1.54) is 10.9 Å². The van der Waals surface area contributed by atoms with Crippen molar-refractivity contribution in [3.8, 4) is 0 Å². The third-order valence-electron chi connectivity index (χ3n) is 2.26. The molecule has 0 aliphatic carbocycles. The van der Waals surface area contributed by atoms with Gasteiger partial charge in [-0.05, 0) is 12.1 Å². The van der Waals surface area contributed by atoms with Crippen LogP contribution in [0.15, 0.2) is 24.4 Å². The van der Waals surface area contributed by atoms with Gasteiger partial charge in [-0.1, -0.05) is 5.21 Å². The standard InChI is InChI=1S/C11H10F2N4O2/c12-7-1-2-9(13)10(3-7)14-11(19)5-17-4-8(6-18)15-16-17/h1-4,18H,5-6H2,(H,14,19). The normalized spacial score (nSPS) is 10.5. The molecule has 6 nitrogen and oxygen atoms in total. The number of rotatable bonds is 4. The van der Waals surface area contributed by atoms with Crippen molar-refractivity contribution in [1.29, 1.82) is 0 Å². The molecule has 2 aromatic rings. The third kappa shape index (κ3) is 3.32. The lowest BCUT2D eigenvalue weighted by atomic mass is 10.3. The van der Waals surface area contributed by atoms with Crippen molar-refractivity contribution in [1.82, 2.24) is 15.0 Å². The van der Waals surface area contributed by atoms with Crippen molar-refractivity contribution in [3.05, 3.63) is 41.7 Å². The summed E-state index contributed by atoms with van der Waals surface area (Å²) in [7, 11) is 0. The summed E-state index contributed by atoms with van der Waals surface area (Å²) in [4.78, 5) is 11.6. The Morgan fingerprint density at radius 2 is 2.21 bits per heavy atom. The highest BCUT2D eigenvalue weighted by Gasteiger charge is 2.10. The van der Waals surface area contributed by atoms with Crippen molar-refractivity contribution in [2.75, 3.05) is 5.32 Å². The van der Waals surface area contributed by atoms with E-state index >= 15 is 0 Å². The number of aliphatic hydroxyl groups is 1.